The van der Waals surface area contributed by atoms with E-state index in [9.17, 15) is 0 Å². The van der Waals surface area contributed by atoms with Crippen LogP contribution < -0.4 is 0 Å². The molecule has 0 saturated heterocycles. The van der Waals surface area contributed by atoms with Gasteiger partial charge in [-0.1, -0.05) is 32.2 Å². The molecule has 1 aliphatic heterocycles. The molecule has 0 amide bonds. The first-order valence-corrected chi connectivity index (χ1v) is 7.95. The van der Waals surface area contributed by atoms with E-state index in [-0.39, 0.29) is 0 Å². The first-order valence-electron chi connectivity index (χ1n) is 5.12. The minimum absolute atomic E-state index is 0.417. The van der Waals surface area contributed by atoms with E-state index in [2.05, 4.69) is 49.5 Å². The molecule has 0 aliphatic carbocycles. The predicted octanol–water partition coefficient (Wildman–Crippen LogP) is 2.55. The molecule has 0 spiro atoms. The van der Waals surface area contributed by atoms with Crippen LogP contribution in [-0.4, -0.2) is 21.0 Å². The van der Waals surface area contributed by atoms with Crippen molar-refractivity contribution in [3.8, 4) is 0 Å². The molecule has 0 unspecified atom stereocenters. The van der Waals surface area contributed by atoms with Crippen molar-refractivity contribution in [2.24, 2.45) is 0 Å². The summed E-state index contributed by atoms with van der Waals surface area (Å²) in [6.45, 7) is 7.81. The average molecular weight is 195 g/mol. The van der Waals surface area contributed by atoms with E-state index in [0.29, 0.717) is 9.52 Å². The number of nitrogens with zero attached hydrogens (tertiary/aromatic N) is 1. The lowest BCUT2D eigenvalue weighted by atomic mass is 10.4. The van der Waals surface area contributed by atoms with Crippen molar-refractivity contribution in [3.63, 3.8) is 0 Å². The van der Waals surface area contributed by atoms with Gasteiger partial charge >= 0.3 is 0 Å². The molecule has 2 heteroatoms. The van der Waals surface area contributed by atoms with Gasteiger partial charge in [0.05, 0.1) is 0 Å². The summed E-state index contributed by atoms with van der Waals surface area (Å²) in [6, 6.07) is 0. The second-order valence-electron chi connectivity index (χ2n) is 3.01. The summed E-state index contributed by atoms with van der Waals surface area (Å²) in [5.74, 6) is 0. The highest BCUT2D eigenvalue weighted by molar-refractivity contribution is 6.31. The summed E-state index contributed by atoms with van der Waals surface area (Å²) in [5.41, 5.74) is 0. The maximum atomic E-state index is 2.26. The molecule has 1 nitrogen and oxygen atoms in total. The molecule has 0 saturated carbocycles. The lowest BCUT2D eigenvalue weighted by molar-refractivity contribution is 0.502. The van der Waals surface area contributed by atoms with E-state index in [0.717, 1.165) is 6.54 Å². The summed E-state index contributed by atoms with van der Waals surface area (Å²) < 4.78 is 0. The van der Waals surface area contributed by atoms with Crippen LogP contribution in [0.4, 0.5) is 0 Å². The Labute approximate surface area is 84.7 Å². The van der Waals surface area contributed by atoms with Gasteiger partial charge in [0.25, 0.3) is 0 Å². The standard InChI is InChI=1S/C9H13N.C2H8Si/c1-2-7-10-8-5-3-4-6-9-10;1-3-2/h3-6,8-9H,2,7H2,1H3;3H2,1-2H3. The van der Waals surface area contributed by atoms with Crippen molar-refractivity contribution in [2.75, 3.05) is 6.54 Å². The van der Waals surface area contributed by atoms with Crippen LogP contribution in [0.3, 0.4) is 0 Å². The summed E-state index contributed by atoms with van der Waals surface area (Å²) in [4.78, 5) is 2.18. The largest absolute Gasteiger partial charge is 0.354 e. The van der Waals surface area contributed by atoms with Crippen molar-refractivity contribution in [2.45, 2.75) is 26.4 Å². The van der Waals surface area contributed by atoms with Crippen LogP contribution in [0, 0.1) is 0 Å². The molecule has 0 radical (unpaired) electrons. The first kappa shape index (κ1) is 12.2. The van der Waals surface area contributed by atoms with Crippen molar-refractivity contribution in [1.82, 2.24) is 4.90 Å². The van der Waals surface area contributed by atoms with E-state index in [4.69, 9.17) is 0 Å². The van der Waals surface area contributed by atoms with E-state index < -0.39 is 0 Å². The molecule has 0 atom stereocenters. The Kier molecular flexibility index (Phi) is 8.78. The Balaban J connectivity index is 0.000000424. The van der Waals surface area contributed by atoms with Crippen LogP contribution in [0.15, 0.2) is 36.7 Å². The van der Waals surface area contributed by atoms with Gasteiger partial charge in [-0.3, -0.25) is 0 Å². The zero-order valence-electron chi connectivity index (χ0n) is 9.03. The summed E-state index contributed by atoms with van der Waals surface area (Å²) in [6.07, 6.45) is 13.5. The monoisotopic (exact) mass is 195 g/mol. The van der Waals surface area contributed by atoms with Gasteiger partial charge in [-0.05, 0) is 18.6 Å². The Morgan fingerprint density at radius 2 is 1.46 bits per heavy atom. The quantitative estimate of drug-likeness (QED) is 0.612. The lowest BCUT2D eigenvalue weighted by Crippen LogP contribution is -2.09. The fourth-order valence-corrected chi connectivity index (χ4v) is 0.906. The molecular formula is C11H21NSi. The second-order valence-corrected chi connectivity index (χ2v) is 4.43. The fraction of sp³-hybridized carbons (Fsp3) is 0.455. The first-order chi connectivity index (χ1) is 6.35. The second kappa shape index (κ2) is 9.33. The Morgan fingerprint density at radius 1 is 1.00 bits per heavy atom. The van der Waals surface area contributed by atoms with E-state index in [1.807, 2.05) is 12.2 Å². The van der Waals surface area contributed by atoms with Gasteiger partial charge in [0.1, 0.15) is 0 Å². The third-order valence-corrected chi connectivity index (χ3v) is 1.37. The number of hydrogen-bond donors (Lipinski definition) is 0. The lowest BCUT2D eigenvalue weighted by Gasteiger charge is -2.11. The van der Waals surface area contributed by atoms with Gasteiger partial charge in [0, 0.05) is 28.5 Å². The summed E-state index contributed by atoms with van der Waals surface area (Å²) in [5, 5.41) is 0. The van der Waals surface area contributed by atoms with Crippen LogP contribution in [0.2, 0.25) is 13.1 Å². The fourth-order valence-electron chi connectivity index (χ4n) is 0.906. The third kappa shape index (κ3) is 7.59. The molecule has 1 aliphatic rings. The molecule has 74 valence electrons. The van der Waals surface area contributed by atoms with Crippen molar-refractivity contribution < 1.29 is 0 Å². The number of allylic oxidation sites excluding steroid dienone is 4. The smallest absolute Gasteiger partial charge is 0.0216 e. The third-order valence-electron chi connectivity index (χ3n) is 1.37. The van der Waals surface area contributed by atoms with E-state index in [1.54, 1.807) is 0 Å². The van der Waals surface area contributed by atoms with Crippen LogP contribution >= 0.6 is 0 Å². The minimum atomic E-state index is 0.417. The van der Waals surface area contributed by atoms with Crippen molar-refractivity contribution >= 4 is 9.52 Å². The topological polar surface area (TPSA) is 3.24 Å². The van der Waals surface area contributed by atoms with Gasteiger partial charge in [-0.25, -0.2) is 0 Å². The van der Waals surface area contributed by atoms with Crippen LogP contribution in [0.25, 0.3) is 0 Å². The van der Waals surface area contributed by atoms with Crippen LogP contribution in [0.1, 0.15) is 13.3 Å². The Hall–Kier alpha value is -0.763. The van der Waals surface area contributed by atoms with Crippen molar-refractivity contribution in [1.29, 1.82) is 0 Å². The molecule has 0 aromatic carbocycles. The average Bonchev–Trinajstić information content (AvgIpc) is 2.35. The van der Waals surface area contributed by atoms with E-state index in [1.165, 1.54) is 6.42 Å². The summed E-state index contributed by atoms with van der Waals surface area (Å²) >= 11 is 0. The summed E-state index contributed by atoms with van der Waals surface area (Å²) in [7, 11) is 0.417. The zero-order valence-corrected chi connectivity index (χ0v) is 10.4. The molecule has 0 aromatic rings. The normalized spacial score (nSPS) is 13.6. The Morgan fingerprint density at radius 3 is 1.85 bits per heavy atom. The minimum Gasteiger partial charge on any atom is -0.354 e. The predicted molar refractivity (Wildman–Crippen MR) is 64.7 cm³/mol. The van der Waals surface area contributed by atoms with Gasteiger partial charge in [0.2, 0.25) is 0 Å². The number of hydrogen-bond acceptors (Lipinski definition) is 1. The van der Waals surface area contributed by atoms with Crippen LogP contribution in [-0.2, 0) is 0 Å². The highest BCUT2D eigenvalue weighted by Crippen LogP contribution is 1.98. The molecule has 0 N–H and O–H groups in total. The Bertz CT molecular complexity index is 167. The van der Waals surface area contributed by atoms with Gasteiger partial charge in [-0.15, -0.1) is 0 Å². The molecule has 1 heterocycles. The molecular weight excluding hydrogens is 174 g/mol. The van der Waals surface area contributed by atoms with Gasteiger partial charge in [-0.2, -0.15) is 0 Å². The molecule has 0 fully saturated rings. The molecule has 13 heavy (non-hydrogen) atoms. The van der Waals surface area contributed by atoms with Gasteiger partial charge < -0.3 is 4.90 Å². The van der Waals surface area contributed by atoms with E-state index >= 15 is 0 Å². The SMILES string of the molecule is CCCN1C=CC=CC=C1.C[SiH2]C. The highest BCUT2D eigenvalue weighted by atomic mass is 28.2. The molecule has 0 bridgehead atoms. The maximum Gasteiger partial charge on any atom is 0.0216 e. The van der Waals surface area contributed by atoms with Crippen LogP contribution in [0.5, 0.6) is 0 Å². The molecule has 1 rings (SSSR count). The van der Waals surface area contributed by atoms with Gasteiger partial charge in [0.15, 0.2) is 0 Å². The maximum absolute atomic E-state index is 2.26. The highest BCUT2D eigenvalue weighted by Gasteiger charge is 1.90. The number of rotatable bonds is 2. The zero-order chi connectivity index (χ0) is 9.94. The molecule has 0 aromatic heterocycles. The van der Waals surface area contributed by atoms with Crippen molar-refractivity contribution in [3.05, 3.63) is 36.7 Å².